The van der Waals surface area contributed by atoms with Crippen molar-refractivity contribution in [3.8, 4) is 0 Å². The number of carbonyl (C=O) groups is 1. The summed E-state index contributed by atoms with van der Waals surface area (Å²) in [6.45, 7) is 1.67. The Balaban J connectivity index is 1.82. The molecular weight excluding hydrogens is 262 g/mol. The highest BCUT2D eigenvalue weighted by Crippen LogP contribution is 2.40. The summed E-state index contributed by atoms with van der Waals surface area (Å²) in [5, 5.41) is 10.0. The van der Waals surface area contributed by atoms with Gasteiger partial charge in [0.15, 0.2) is 0 Å². The number of benzene rings is 1. The number of nitrogens with zero attached hydrogens (tertiary/aromatic N) is 1. The predicted octanol–water partition coefficient (Wildman–Crippen LogP) is 3.12. The molecular formula is C15H18ClNO2. The summed E-state index contributed by atoms with van der Waals surface area (Å²) in [5.74, 6) is -0.869. The summed E-state index contributed by atoms with van der Waals surface area (Å²) < 4.78 is 0. The fraction of sp³-hybridized carbons (Fsp3) is 0.533. The lowest BCUT2D eigenvalue weighted by molar-refractivity contribution is -0.144. The van der Waals surface area contributed by atoms with Gasteiger partial charge in [0.2, 0.25) is 0 Å². The van der Waals surface area contributed by atoms with Gasteiger partial charge in [-0.1, -0.05) is 23.7 Å². The Bertz CT molecular complexity index is 503. The average molecular weight is 280 g/mol. The Morgan fingerprint density at radius 3 is 3.00 bits per heavy atom. The molecule has 1 N–H and O–H groups in total. The van der Waals surface area contributed by atoms with Crippen LogP contribution in [0.5, 0.6) is 0 Å². The van der Waals surface area contributed by atoms with Crippen LogP contribution in [-0.2, 0) is 11.2 Å². The van der Waals surface area contributed by atoms with Gasteiger partial charge < -0.3 is 5.11 Å². The fourth-order valence-electron chi connectivity index (χ4n) is 3.46. The highest BCUT2D eigenvalue weighted by molar-refractivity contribution is 6.31. The molecule has 0 spiro atoms. The van der Waals surface area contributed by atoms with Gasteiger partial charge in [-0.15, -0.1) is 0 Å². The molecule has 1 heterocycles. The average Bonchev–Trinajstić information content (AvgIpc) is 2.84. The van der Waals surface area contributed by atoms with E-state index in [4.69, 9.17) is 11.6 Å². The smallest absolute Gasteiger partial charge is 0.307 e. The molecule has 1 aliphatic heterocycles. The highest BCUT2D eigenvalue weighted by atomic mass is 35.5. The molecule has 19 heavy (non-hydrogen) atoms. The largest absolute Gasteiger partial charge is 0.481 e. The standard InChI is InChI=1S/C15H18ClNO2/c16-13-5-1-4-12-11(13)6-7-14(12)17-8-2-3-10(9-17)15(18)19/h1,4-5,10,14H,2-3,6-9H2,(H,18,19). The number of hydrogen-bond donors (Lipinski definition) is 1. The molecule has 102 valence electrons. The van der Waals surface area contributed by atoms with E-state index in [1.807, 2.05) is 12.1 Å². The summed E-state index contributed by atoms with van der Waals surface area (Å²) >= 11 is 6.24. The van der Waals surface area contributed by atoms with Crippen molar-refractivity contribution in [3.63, 3.8) is 0 Å². The monoisotopic (exact) mass is 279 g/mol. The van der Waals surface area contributed by atoms with Crippen LogP contribution in [0.4, 0.5) is 0 Å². The van der Waals surface area contributed by atoms with Crippen LogP contribution < -0.4 is 0 Å². The highest BCUT2D eigenvalue weighted by Gasteiger charge is 2.34. The second kappa shape index (κ2) is 5.14. The Hall–Kier alpha value is -1.06. The normalized spacial score (nSPS) is 27.2. The van der Waals surface area contributed by atoms with Gasteiger partial charge in [-0.25, -0.2) is 0 Å². The maximum absolute atomic E-state index is 11.2. The van der Waals surface area contributed by atoms with Gasteiger partial charge in [0.25, 0.3) is 0 Å². The zero-order chi connectivity index (χ0) is 13.4. The Morgan fingerprint density at radius 2 is 2.21 bits per heavy atom. The number of rotatable bonds is 2. The molecule has 3 nitrogen and oxygen atoms in total. The van der Waals surface area contributed by atoms with E-state index in [0.717, 1.165) is 37.3 Å². The third kappa shape index (κ3) is 2.37. The predicted molar refractivity (Wildman–Crippen MR) is 74.4 cm³/mol. The molecule has 0 saturated carbocycles. The van der Waals surface area contributed by atoms with Gasteiger partial charge in [0.05, 0.1) is 5.92 Å². The van der Waals surface area contributed by atoms with Gasteiger partial charge in [-0.05, 0) is 49.4 Å². The molecule has 2 aliphatic rings. The maximum atomic E-state index is 11.2. The Labute approximate surface area is 118 Å². The first-order valence-electron chi connectivity index (χ1n) is 6.91. The van der Waals surface area contributed by atoms with Gasteiger partial charge in [-0.2, -0.15) is 0 Å². The number of likely N-dealkylation sites (tertiary alicyclic amines) is 1. The molecule has 1 saturated heterocycles. The molecule has 0 radical (unpaired) electrons. The minimum Gasteiger partial charge on any atom is -0.481 e. The molecule has 3 rings (SSSR count). The number of halogens is 1. The van der Waals surface area contributed by atoms with Crippen molar-refractivity contribution in [3.05, 3.63) is 34.3 Å². The second-order valence-electron chi connectivity index (χ2n) is 5.53. The molecule has 1 fully saturated rings. The lowest BCUT2D eigenvalue weighted by atomic mass is 9.95. The van der Waals surface area contributed by atoms with Crippen LogP contribution in [-0.4, -0.2) is 29.1 Å². The maximum Gasteiger partial charge on any atom is 0.307 e. The van der Waals surface area contributed by atoms with Gasteiger partial charge in [0.1, 0.15) is 0 Å². The van der Waals surface area contributed by atoms with E-state index < -0.39 is 5.97 Å². The summed E-state index contributed by atoms with van der Waals surface area (Å²) in [6, 6.07) is 6.44. The van der Waals surface area contributed by atoms with Crippen LogP contribution in [0.1, 0.15) is 36.4 Å². The molecule has 1 aliphatic carbocycles. The number of carboxylic acids is 1. The first kappa shape index (κ1) is 12.9. The SMILES string of the molecule is O=C(O)C1CCCN(C2CCc3c(Cl)cccc32)C1. The van der Waals surface area contributed by atoms with Crippen LogP contribution in [0, 0.1) is 5.92 Å². The minimum atomic E-state index is -0.658. The summed E-state index contributed by atoms with van der Waals surface area (Å²) in [4.78, 5) is 13.5. The number of carboxylic acid groups (broad SMARTS) is 1. The van der Waals surface area contributed by atoms with E-state index in [1.54, 1.807) is 0 Å². The molecule has 0 amide bonds. The molecule has 1 aromatic rings. The number of aliphatic carboxylic acids is 1. The third-order valence-corrected chi connectivity index (χ3v) is 4.78. The van der Waals surface area contributed by atoms with Crippen molar-refractivity contribution in [1.82, 2.24) is 4.90 Å². The van der Waals surface area contributed by atoms with Crippen molar-refractivity contribution >= 4 is 17.6 Å². The fourth-order valence-corrected chi connectivity index (χ4v) is 3.73. The van der Waals surface area contributed by atoms with Gasteiger partial charge in [-0.3, -0.25) is 9.69 Å². The van der Waals surface area contributed by atoms with E-state index >= 15 is 0 Å². The molecule has 2 unspecified atom stereocenters. The van der Waals surface area contributed by atoms with E-state index in [2.05, 4.69) is 11.0 Å². The van der Waals surface area contributed by atoms with Crippen molar-refractivity contribution in [2.45, 2.75) is 31.7 Å². The van der Waals surface area contributed by atoms with E-state index in [-0.39, 0.29) is 5.92 Å². The van der Waals surface area contributed by atoms with Crippen LogP contribution in [0.25, 0.3) is 0 Å². The van der Waals surface area contributed by atoms with Crippen LogP contribution in [0.2, 0.25) is 5.02 Å². The first-order valence-corrected chi connectivity index (χ1v) is 7.28. The van der Waals surface area contributed by atoms with Crippen LogP contribution >= 0.6 is 11.6 Å². The van der Waals surface area contributed by atoms with Crippen molar-refractivity contribution in [1.29, 1.82) is 0 Å². The summed E-state index contributed by atoms with van der Waals surface area (Å²) in [6.07, 6.45) is 3.85. The van der Waals surface area contributed by atoms with Crippen molar-refractivity contribution in [2.24, 2.45) is 5.92 Å². The lowest BCUT2D eigenvalue weighted by Gasteiger charge is -2.35. The summed E-state index contributed by atoms with van der Waals surface area (Å²) in [5.41, 5.74) is 2.56. The second-order valence-corrected chi connectivity index (χ2v) is 5.94. The summed E-state index contributed by atoms with van der Waals surface area (Å²) in [7, 11) is 0. The van der Waals surface area contributed by atoms with Crippen molar-refractivity contribution < 1.29 is 9.90 Å². The molecule has 1 aromatic carbocycles. The number of piperidine rings is 1. The van der Waals surface area contributed by atoms with E-state index in [9.17, 15) is 9.90 Å². The lowest BCUT2D eigenvalue weighted by Crippen LogP contribution is -2.40. The zero-order valence-electron chi connectivity index (χ0n) is 10.8. The molecule has 4 heteroatoms. The Kier molecular flexibility index (Phi) is 3.50. The zero-order valence-corrected chi connectivity index (χ0v) is 11.6. The van der Waals surface area contributed by atoms with E-state index in [1.165, 1.54) is 11.1 Å². The molecule has 0 aromatic heterocycles. The third-order valence-electron chi connectivity index (χ3n) is 4.42. The van der Waals surface area contributed by atoms with Gasteiger partial charge in [0, 0.05) is 17.6 Å². The number of fused-ring (bicyclic) bond motifs is 1. The molecule has 0 bridgehead atoms. The van der Waals surface area contributed by atoms with Crippen molar-refractivity contribution in [2.75, 3.05) is 13.1 Å². The quantitative estimate of drug-likeness (QED) is 0.904. The molecule has 2 atom stereocenters. The number of hydrogen-bond acceptors (Lipinski definition) is 2. The minimum absolute atomic E-state index is 0.211. The van der Waals surface area contributed by atoms with Gasteiger partial charge >= 0.3 is 5.97 Å². The first-order chi connectivity index (χ1) is 9.16. The van der Waals surface area contributed by atoms with Crippen LogP contribution in [0.3, 0.4) is 0 Å². The van der Waals surface area contributed by atoms with Crippen LogP contribution in [0.15, 0.2) is 18.2 Å². The van der Waals surface area contributed by atoms with E-state index in [0.29, 0.717) is 12.6 Å². The Morgan fingerprint density at radius 1 is 1.37 bits per heavy atom. The topological polar surface area (TPSA) is 40.5 Å².